The molecule has 0 bridgehead atoms. The summed E-state index contributed by atoms with van der Waals surface area (Å²) in [6.45, 7) is 4.01. The molecule has 3 aromatic rings. The number of amides is 1. The highest BCUT2D eigenvalue weighted by Gasteiger charge is 2.07. The molecular formula is C19H21N3O2S. The van der Waals surface area contributed by atoms with Crippen molar-refractivity contribution < 1.29 is 9.53 Å². The zero-order chi connectivity index (χ0) is 17.8. The van der Waals surface area contributed by atoms with Crippen LogP contribution in [0, 0.1) is 13.8 Å². The fourth-order valence-electron chi connectivity index (χ4n) is 2.63. The van der Waals surface area contributed by atoms with Crippen LogP contribution in [0.4, 0.5) is 5.69 Å². The van der Waals surface area contributed by atoms with Crippen LogP contribution in [-0.4, -0.2) is 28.2 Å². The molecule has 25 heavy (non-hydrogen) atoms. The molecule has 0 unspecified atom stereocenters. The summed E-state index contributed by atoms with van der Waals surface area (Å²) in [6.07, 6.45) is 4.06. The number of pyridine rings is 1. The average molecular weight is 355 g/mol. The number of imidazole rings is 1. The Morgan fingerprint density at radius 3 is 2.84 bits per heavy atom. The van der Waals surface area contributed by atoms with Crippen LogP contribution in [0.2, 0.25) is 0 Å². The predicted molar refractivity (Wildman–Crippen MR) is 102 cm³/mol. The van der Waals surface area contributed by atoms with Gasteiger partial charge >= 0.3 is 0 Å². The van der Waals surface area contributed by atoms with Crippen LogP contribution in [0.3, 0.4) is 0 Å². The van der Waals surface area contributed by atoms with Gasteiger partial charge in [0.2, 0.25) is 5.91 Å². The SMILES string of the molecule is COc1ccc(NC(=O)CSCc2cn3cc(C)ccc3n2)cc1C. The van der Waals surface area contributed by atoms with Crippen molar-refractivity contribution in [1.29, 1.82) is 0 Å². The van der Waals surface area contributed by atoms with Crippen LogP contribution >= 0.6 is 11.8 Å². The smallest absolute Gasteiger partial charge is 0.234 e. The molecule has 0 fully saturated rings. The first-order chi connectivity index (χ1) is 12.0. The molecule has 130 valence electrons. The maximum absolute atomic E-state index is 12.1. The van der Waals surface area contributed by atoms with Crippen molar-refractivity contribution in [1.82, 2.24) is 9.38 Å². The largest absolute Gasteiger partial charge is 0.496 e. The molecule has 3 rings (SSSR count). The number of hydrogen-bond donors (Lipinski definition) is 1. The summed E-state index contributed by atoms with van der Waals surface area (Å²) in [7, 11) is 1.64. The van der Waals surface area contributed by atoms with Crippen molar-refractivity contribution in [3.8, 4) is 5.75 Å². The van der Waals surface area contributed by atoms with Gasteiger partial charge in [-0.1, -0.05) is 6.07 Å². The Labute approximate surface area is 151 Å². The molecule has 1 amide bonds. The van der Waals surface area contributed by atoms with Crippen LogP contribution < -0.4 is 10.1 Å². The highest BCUT2D eigenvalue weighted by Crippen LogP contribution is 2.21. The molecule has 2 heterocycles. The van der Waals surface area contributed by atoms with Gasteiger partial charge in [0.25, 0.3) is 0 Å². The Hall–Kier alpha value is -2.47. The third-order valence-electron chi connectivity index (χ3n) is 3.81. The lowest BCUT2D eigenvalue weighted by atomic mass is 10.2. The van der Waals surface area contributed by atoms with E-state index < -0.39 is 0 Å². The number of anilines is 1. The van der Waals surface area contributed by atoms with E-state index >= 15 is 0 Å². The maximum Gasteiger partial charge on any atom is 0.234 e. The number of fused-ring (bicyclic) bond motifs is 1. The van der Waals surface area contributed by atoms with Gasteiger partial charge in [-0.25, -0.2) is 4.98 Å². The number of benzene rings is 1. The fraction of sp³-hybridized carbons (Fsp3) is 0.263. The van der Waals surface area contributed by atoms with E-state index in [4.69, 9.17) is 4.74 Å². The Morgan fingerprint density at radius 2 is 2.08 bits per heavy atom. The molecule has 1 N–H and O–H groups in total. The average Bonchev–Trinajstić information content (AvgIpc) is 2.96. The Balaban J connectivity index is 1.52. The summed E-state index contributed by atoms with van der Waals surface area (Å²) >= 11 is 1.55. The normalized spacial score (nSPS) is 10.8. The van der Waals surface area contributed by atoms with E-state index in [1.54, 1.807) is 18.9 Å². The van der Waals surface area contributed by atoms with Crippen LogP contribution in [0.25, 0.3) is 5.65 Å². The van der Waals surface area contributed by atoms with Crippen LogP contribution in [0.15, 0.2) is 42.7 Å². The van der Waals surface area contributed by atoms with Gasteiger partial charge in [-0.3, -0.25) is 4.79 Å². The van der Waals surface area contributed by atoms with Crippen molar-refractivity contribution in [2.75, 3.05) is 18.2 Å². The van der Waals surface area contributed by atoms with Crippen LogP contribution in [-0.2, 0) is 10.5 Å². The van der Waals surface area contributed by atoms with Gasteiger partial charge in [0.05, 0.1) is 18.6 Å². The number of nitrogens with zero attached hydrogens (tertiary/aromatic N) is 2. The molecule has 0 atom stereocenters. The van der Waals surface area contributed by atoms with Crippen molar-refractivity contribution in [3.63, 3.8) is 0 Å². The molecular weight excluding hydrogens is 334 g/mol. The number of ether oxygens (including phenoxy) is 1. The van der Waals surface area contributed by atoms with Gasteiger partial charge in [-0.05, 0) is 49.2 Å². The molecule has 6 heteroatoms. The first kappa shape index (κ1) is 17.4. The number of methoxy groups -OCH3 is 1. The Bertz CT molecular complexity index is 905. The second-order valence-corrected chi connectivity index (χ2v) is 6.92. The summed E-state index contributed by atoms with van der Waals surface area (Å²) in [4.78, 5) is 16.7. The van der Waals surface area contributed by atoms with Gasteiger partial charge in [-0.2, -0.15) is 0 Å². The lowest BCUT2D eigenvalue weighted by Gasteiger charge is -2.08. The zero-order valence-corrected chi connectivity index (χ0v) is 15.4. The zero-order valence-electron chi connectivity index (χ0n) is 14.6. The van der Waals surface area contributed by atoms with Crippen LogP contribution in [0.1, 0.15) is 16.8 Å². The van der Waals surface area contributed by atoms with Crippen molar-refractivity contribution in [3.05, 3.63) is 59.5 Å². The highest BCUT2D eigenvalue weighted by molar-refractivity contribution is 7.99. The summed E-state index contributed by atoms with van der Waals surface area (Å²) in [5.74, 6) is 1.89. The standard InChI is InChI=1S/C19H21N3O2S/c1-13-4-7-18-20-16(10-22(18)9-13)11-25-12-19(23)21-15-5-6-17(24-3)14(2)8-15/h4-10H,11-12H2,1-3H3,(H,21,23). The first-order valence-electron chi connectivity index (χ1n) is 8.01. The minimum Gasteiger partial charge on any atom is -0.496 e. The molecule has 2 aromatic heterocycles. The molecule has 0 aliphatic heterocycles. The van der Waals surface area contributed by atoms with Crippen molar-refractivity contribution >= 4 is 29.0 Å². The molecule has 0 spiro atoms. The highest BCUT2D eigenvalue weighted by atomic mass is 32.2. The van der Waals surface area contributed by atoms with Gasteiger partial charge in [-0.15, -0.1) is 11.8 Å². The summed E-state index contributed by atoms with van der Waals surface area (Å²) < 4.78 is 7.24. The van der Waals surface area contributed by atoms with Crippen molar-refractivity contribution in [2.24, 2.45) is 0 Å². The molecule has 0 saturated heterocycles. The number of carbonyl (C=O) groups is 1. The quantitative estimate of drug-likeness (QED) is 0.730. The van der Waals surface area contributed by atoms with E-state index in [9.17, 15) is 4.79 Å². The van der Waals surface area contributed by atoms with E-state index in [0.717, 1.165) is 28.3 Å². The third-order valence-corrected chi connectivity index (χ3v) is 4.78. The number of carbonyl (C=O) groups excluding carboxylic acids is 1. The number of rotatable bonds is 6. The van der Waals surface area contributed by atoms with E-state index in [1.807, 2.05) is 47.9 Å². The summed E-state index contributed by atoms with van der Waals surface area (Å²) in [6, 6.07) is 9.66. The molecule has 5 nitrogen and oxygen atoms in total. The molecule has 0 aliphatic rings. The van der Waals surface area contributed by atoms with E-state index in [0.29, 0.717) is 11.5 Å². The molecule has 0 radical (unpaired) electrons. The lowest BCUT2D eigenvalue weighted by molar-refractivity contribution is -0.113. The topological polar surface area (TPSA) is 55.6 Å². The van der Waals surface area contributed by atoms with Crippen molar-refractivity contribution in [2.45, 2.75) is 19.6 Å². The van der Waals surface area contributed by atoms with Gasteiger partial charge in [0, 0.05) is 23.8 Å². The van der Waals surface area contributed by atoms with Gasteiger partial charge in [0.1, 0.15) is 11.4 Å². The number of hydrogen-bond acceptors (Lipinski definition) is 4. The monoisotopic (exact) mass is 355 g/mol. The minimum absolute atomic E-state index is 0.0193. The summed E-state index contributed by atoms with van der Waals surface area (Å²) in [5.41, 5.74) is 4.88. The van der Waals surface area contributed by atoms with Gasteiger partial charge < -0.3 is 14.5 Å². The molecule has 0 aliphatic carbocycles. The number of aryl methyl sites for hydroxylation is 2. The number of aromatic nitrogens is 2. The lowest BCUT2D eigenvalue weighted by Crippen LogP contribution is -2.14. The first-order valence-corrected chi connectivity index (χ1v) is 9.17. The third kappa shape index (κ3) is 4.33. The number of thioether (sulfide) groups is 1. The van der Waals surface area contributed by atoms with E-state index in [1.165, 1.54) is 5.56 Å². The second-order valence-electron chi connectivity index (χ2n) is 5.93. The van der Waals surface area contributed by atoms with E-state index in [-0.39, 0.29) is 5.91 Å². The maximum atomic E-state index is 12.1. The van der Waals surface area contributed by atoms with E-state index in [2.05, 4.69) is 23.4 Å². The minimum atomic E-state index is -0.0193. The Kier molecular flexibility index (Phi) is 5.28. The van der Waals surface area contributed by atoms with Crippen LogP contribution in [0.5, 0.6) is 5.75 Å². The number of nitrogens with one attached hydrogen (secondary N) is 1. The Morgan fingerprint density at radius 1 is 1.24 bits per heavy atom. The fourth-order valence-corrected chi connectivity index (χ4v) is 3.33. The van der Waals surface area contributed by atoms with Gasteiger partial charge in [0.15, 0.2) is 0 Å². The summed E-state index contributed by atoms with van der Waals surface area (Å²) in [5, 5.41) is 2.91. The molecule has 1 aromatic carbocycles. The second kappa shape index (κ2) is 7.61. The molecule has 0 saturated carbocycles. The predicted octanol–water partition coefficient (Wildman–Crippen LogP) is 3.83.